The molecule has 0 radical (unpaired) electrons. The summed E-state index contributed by atoms with van der Waals surface area (Å²) in [4.78, 5) is 0. The summed E-state index contributed by atoms with van der Waals surface area (Å²) in [6, 6.07) is 6.56. The monoisotopic (exact) mass is 222 g/mol. The van der Waals surface area contributed by atoms with Crippen molar-refractivity contribution in [1.29, 1.82) is 0 Å². The van der Waals surface area contributed by atoms with Crippen LogP contribution in [0.3, 0.4) is 0 Å². The van der Waals surface area contributed by atoms with E-state index in [1.165, 1.54) is 22.3 Å². The number of rotatable bonds is 1. The Morgan fingerprint density at radius 2 is 2.06 bits per heavy atom. The first-order valence-electron chi connectivity index (χ1n) is 6.16. The molecule has 17 heavy (non-hydrogen) atoms. The van der Waals surface area contributed by atoms with Crippen LogP contribution in [0.1, 0.15) is 36.0 Å². The largest absolute Gasteiger partial charge is 0.115 e. The summed E-state index contributed by atoms with van der Waals surface area (Å²) in [5.74, 6) is 2.86. The zero-order chi connectivity index (χ0) is 12.3. The fourth-order valence-electron chi connectivity index (χ4n) is 2.35. The summed E-state index contributed by atoms with van der Waals surface area (Å²) in [5, 5.41) is 0. The van der Waals surface area contributed by atoms with Crippen LogP contribution in [0.4, 0.5) is 0 Å². The maximum absolute atomic E-state index is 5.64. The highest BCUT2D eigenvalue weighted by Crippen LogP contribution is 2.29. The Bertz CT molecular complexity index is 521. The van der Waals surface area contributed by atoms with E-state index in [-0.39, 0.29) is 0 Å². The lowest BCUT2D eigenvalue weighted by Crippen LogP contribution is -1.91. The zero-order valence-electron chi connectivity index (χ0n) is 10.6. The molecular weight excluding hydrogens is 204 g/mol. The third-order valence-corrected chi connectivity index (χ3v) is 3.25. The van der Waals surface area contributed by atoms with Gasteiger partial charge in [-0.2, -0.15) is 0 Å². The molecule has 0 unspecified atom stereocenters. The minimum absolute atomic E-state index is 1.02. The molecule has 0 bridgehead atoms. The number of terminal acetylenes is 1. The van der Waals surface area contributed by atoms with Crippen molar-refractivity contribution >= 4 is 5.57 Å². The molecule has 0 heteroatoms. The average molecular weight is 222 g/mol. The van der Waals surface area contributed by atoms with Crippen LogP contribution < -0.4 is 0 Å². The van der Waals surface area contributed by atoms with Crippen molar-refractivity contribution in [2.24, 2.45) is 0 Å². The molecule has 0 aliphatic heterocycles. The number of benzene rings is 1. The third kappa shape index (κ3) is 2.50. The number of hydrogen-bond donors (Lipinski definition) is 0. The van der Waals surface area contributed by atoms with Gasteiger partial charge < -0.3 is 0 Å². The minimum Gasteiger partial charge on any atom is -0.115 e. The number of allylic oxidation sites excluding steroid dienone is 4. The molecule has 1 aromatic rings. The van der Waals surface area contributed by atoms with Crippen molar-refractivity contribution in [1.82, 2.24) is 0 Å². The van der Waals surface area contributed by atoms with E-state index in [1.54, 1.807) is 0 Å². The molecule has 0 nitrogen and oxygen atoms in total. The summed E-state index contributed by atoms with van der Waals surface area (Å²) in [6.45, 7) is 4.28. The second-order valence-electron chi connectivity index (χ2n) is 4.65. The van der Waals surface area contributed by atoms with Crippen molar-refractivity contribution < 1.29 is 0 Å². The van der Waals surface area contributed by atoms with Gasteiger partial charge in [0.05, 0.1) is 0 Å². The summed E-state index contributed by atoms with van der Waals surface area (Å²) >= 11 is 0. The molecule has 1 aromatic carbocycles. The van der Waals surface area contributed by atoms with Gasteiger partial charge in [-0.05, 0) is 49.8 Å². The normalized spacial score (nSPS) is 15.6. The van der Waals surface area contributed by atoms with Gasteiger partial charge in [-0.3, -0.25) is 0 Å². The van der Waals surface area contributed by atoms with Crippen molar-refractivity contribution in [3.05, 3.63) is 52.6 Å². The van der Waals surface area contributed by atoms with Crippen molar-refractivity contribution in [3.8, 4) is 12.3 Å². The molecule has 0 saturated heterocycles. The summed E-state index contributed by atoms with van der Waals surface area (Å²) in [7, 11) is 0. The van der Waals surface area contributed by atoms with E-state index in [0.717, 1.165) is 24.8 Å². The highest BCUT2D eigenvalue weighted by Gasteiger charge is 2.10. The fourth-order valence-corrected chi connectivity index (χ4v) is 2.35. The molecule has 0 atom stereocenters. The van der Waals surface area contributed by atoms with E-state index in [0.29, 0.717) is 0 Å². The molecule has 0 amide bonds. The molecule has 0 N–H and O–H groups in total. The van der Waals surface area contributed by atoms with Gasteiger partial charge in [-0.15, -0.1) is 6.42 Å². The van der Waals surface area contributed by atoms with E-state index in [2.05, 4.69) is 50.1 Å². The Balaban J connectivity index is 2.56. The summed E-state index contributed by atoms with van der Waals surface area (Å²) in [6.07, 6.45) is 13.4. The quantitative estimate of drug-likeness (QED) is 0.617. The van der Waals surface area contributed by atoms with E-state index in [9.17, 15) is 0 Å². The van der Waals surface area contributed by atoms with Crippen LogP contribution >= 0.6 is 0 Å². The molecule has 0 spiro atoms. The van der Waals surface area contributed by atoms with Crippen LogP contribution in [0.25, 0.3) is 5.57 Å². The molecule has 86 valence electrons. The highest BCUT2D eigenvalue weighted by molar-refractivity contribution is 5.81. The van der Waals surface area contributed by atoms with Gasteiger partial charge in [-0.25, -0.2) is 0 Å². The smallest absolute Gasteiger partial charge is 0.00960 e. The Labute approximate surface area is 104 Å². The second kappa shape index (κ2) is 5.06. The Morgan fingerprint density at radius 1 is 1.24 bits per heavy atom. The van der Waals surface area contributed by atoms with Gasteiger partial charge in [-0.1, -0.05) is 41.8 Å². The third-order valence-electron chi connectivity index (χ3n) is 3.25. The van der Waals surface area contributed by atoms with Gasteiger partial charge in [0.2, 0.25) is 0 Å². The van der Waals surface area contributed by atoms with Crippen LogP contribution in [0.2, 0.25) is 0 Å². The first kappa shape index (κ1) is 11.7. The van der Waals surface area contributed by atoms with E-state index in [1.807, 2.05) is 0 Å². The Hall–Kier alpha value is -1.74. The van der Waals surface area contributed by atoms with Gasteiger partial charge in [0, 0.05) is 5.57 Å². The number of hydrogen-bond acceptors (Lipinski definition) is 0. The van der Waals surface area contributed by atoms with Crippen LogP contribution in [-0.2, 0) is 0 Å². The predicted molar refractivity (Wildman–Crippen MR) is 74.7 cm³/mol. The molecular formula is C17H18. The van der Waals surface area contributed by atoms with Crippen molar-refractivity contribution in [2.45, 2.75) is 33.1 Å². The fraction of sp³-hybridized carbons (Fsp3) is 0.294. The van der Waals surface area contributed by atoms with Crippen LogP contribution in [0.5, 0.6) is 0 Å². The van der Waals surface area contributed by atoms with Crippen LogP contribution in [0.15, 0.2) is 35.9 Å². The molecule has 0 saturated carbocycles. The van der Waals surface area contributed by atoms with E-state index < -0.39 is 0 Å². The van der Waals surface area contributed by atoms with E-state index in [4.69, 9.17) is 6.42 Å². The average Bonchev–Trinajstić information content (AvgIpc) is 2.54. The van der Waals surface area contributed by atoms with Gasteiger partial charge in [0.15, 0.2) is 0 Å². The summed E-state index contributed by atoms with van der Waals surface area (Å²) in [5.41, 5.74) is 6.26. The standard InChI is InChI=1S/C17H18/c1-4-15-8-6-5-7-9-17(15)16-11-10-13(2)12-14(16)3/h1,7,9-12H,5-6,8H2,2-3H3. The van der Waals surface area contributed by atoms with E-state index >= 15 is 0 Å². The SMILES string of the molecule is C#CC1=C(c2ccc(C)cc2C)C=CCCC1. The first-order chi connectivity index (χ1) is 8.22. The Morgan fingerprint density at radius 3 is 2.76 bits per heavy atom. The highest BCUT2D eigenvalue weighted by atomic mass is 14.1. The lowest BCUT2D eigenvalue weighted by Gasteiger charge is -2.10. The van der Waals surface area contributed by atoms with Crippen LogP contribution in [-0.4, -0.2) is 0 Å². The Kier molecular flexibility index (Phi) is 3.49. The van der Waals surface area contributed by atoms with Gasteiger partial charge in [0.25, 0.3) is 0 Å². The predicted octanol–water partition coefficient (Wildman–Crippen LogP) is 4.43. The summed E-state index contributed by atoms with van der Waals surface area (Å²) < 4.78 is 0. The molecule has 1 aliphatic rings. The maximum atomic E-state index is 5.64. The maximum Gasteiger partial charge on any atom is 0.00960 e. The molecule has 0 fully saturated rings. The molecule has 1 aliphatic carbocycles. The minimum atomic E-state index is 1.02. The van der Waals surface area contributed by atoms with Gasteiger partial charge >= 0.3 is 0 Å². The second-order valence-corrected chi connectivity index (χ2v) is 4.65. The lowest BCUT2D eigenvalue weighted by molar-refractivity contribution is 0.859. The van der Waals surface area contributed by atoms with Gasteiger partial charge in [0.1, 0.15) is 0 Å². The molecule has 0 aromatic heterocycles. The van der Waals surface area contributed by atoms with Crippen LogP contribution in [0, 0.1) is 26.2 Å². The zero-order valence-corrected chi connectivity index (χ0v) is 10.6. The van der Waals surface area contributed by atoms with Crippen molar-refractivity contribution in [3.63, 3.8) is 0 Å². The number of aryl methyl sites for hydroxylation is 2. The topological polar surface area (TPSA) is 0 Å². The molecule has 0 heterocycles. The molecule has 2 rings (SSSR count). The van der Waals surface area contributed by atoms with Crippen molar-refractivity contribution in [2.75, 3.05) is 0 Å². The lowest BCUT2D eigenvalue weighted by atomic mass is 9.94. The first-order valence-corrected chi connectivity index (χ1v) is 6.16.